The second-order valence-corrected chi connectivity index (χ2v) is 6.69. The SMILES string of the molecule is CCOc1nn2c(Br)csc2c1NC(=O)OC(C)(C)C. The molecule has 0 bridgehead atoms. The highest BCUT2D eigenvalue weighted by Gasteiger charge is 2.22. The Morgan fingerprint density at radius 3 is 2.85 bits per heavy atom. The molecule has 2 aromatic heterocycles. The summed E-state index contributed by atoms with van der Waals surface area (Å²) >= 11 is 4.84. The number of hydrogen-bond acceptors (Lipinski definition) is 5. The van der Waals surface area contributed by atoms with Gasteiger partial charge in [0.2, 0.25) is 0 Å². The molecule has 6 nitrogen and oxygen atoms in total. The highest BCUT2D eigenvalue weighted by Crippen LogP contribution is 2.35. The highest BCUT2D eigenvalue weighted by molar-refractivity contribution is 9.10. The number of thiazole rings is 1. The molecule has 0 saturated heterocycles. The zero-order valence-electron chi connectivity index (χ0n) is 11.7. The number of halogens is 1. The molecule has 0 aliphatic heterocycles. The second-order valence-electron chi connectivity index (χ2n) is 5.02. The number of ether oxygens (including phenoxy) is 2. The summed E-state index contributed by atoms with van der Waals surface area (Å²) in [6, 6.07) is 0. The van der Waals surface area contributed by atoms with Gasteiger partial charge in [0.05, 0.1) is 6.61 Å². The number of nitrogens with zero attached hydrogens (tertiary/aromatic N) is 2. The largest absolute Gasteiger partial charge is 0.475 e. The van der Waals surface area contributed by atoms with Crippen LogP contribution in [0.5, 0.6) is 5.88 Å². The molecule has 0 radical (unpaired) electrons. The zero-order valence-corrected chi connectivity index (χ0v) is 14.1. The summed E-state index contributed by atoms with van der Waals surface area (Å²) in [5, 5.41) is 8.89. The maximum atomic E-state index is 11.9. The third-order valence-corrected chi connectivity index (χ3v) is 4.00. The van der Waals surface area contributed by atoms with Crippen molar-refractivity contribution in [2.24, 2.45) is 0 Å². The van der Waals surface area contributed by atoms with Crippen molar-refractivity contribution in [3.8, 4) is 5.88 Å². The van der Waals surface area contributed by atoms with Gasteiger partial charge in [0.1, 0.15) is 20.7 Å². The second kappa shape index (κ2) is 5.61. The fourth-order valence-electron chi connectivity index (χ4n) is 1.54. The van der Waals surface area contributed by atoms with Crippen molar-refractivity contribution in [1.29, 1.82) is 0 Å². The van der Waals surface area contributed by atoms with E-state index in [4.69, 9.17) is 9.47 Å². The lowest BCUT2D eigenvalue weighted by molar-refractivity contribution is 0.0635. The van der Waals surface area contributed by atoms with E-state index in [9.17, 15) is 4.79 Å². The quantitative estimate of drug-likeness (QED) is 0.899. The molecule has 20 heavy (non-hydrogen) atoms. The van der Waals surface area contributed by atoms with Gasteiger partial charge in [-0.15, -0.1) is 16.4 Å². The molecular weight excluding hydrogens is 346 g/mol. The van der Waals surface area contributed by atoms with Crippen LogP contribution < -0.4 is 10.1 Å². The van der Waals surface area contributed by atoms with Gasteiger partial charge in [-0.25, -0.2) is 9.31 Å². The number of nitrogens with one attached hydrogen (secondary N) is 1. The lowest BCUT2D eigenvalue weighted by atomic mass is 10.2. The van der Waals surface area contributed by atoms with Crippen LogP contribution in [0.4, 0.5) is 10.5 Å². The van der Waals surface area contributed by atoms with Crippen molar-refractivity contribution < 1.29 is 14.3 Å². The van der Waals surface area contributed by atoms with Crippen LogP contribution >= 0.6 is 27.3 Å². The number of carbonyl (C=O) groups excluding carboxylic acids is 1. The normalized spacial score (nSPS) is 11.7. The van der Waals surface area contributed by atoms with Crippen molar-refractivity contribution in [3.05, 3.63) is 9.98 Å². The Morgan fingerprint density at radius 2 is 2.25 bits per heavy atom. The highest BCUT2D eigenvalue weighted by atomic mass is 79.9. The average molecular weight is 362 g/mol. The summed E-state index contributed by atoms with van der Waals surface area (Å²) in [5.41, 5.74) is -0.0326. The summed E-state index contributed by atoms with van der Waals surface area (Å²) in [4.78, 5) is 12.7. The molecule has 1 N–H and O–H groups in total. The minimum atomic E-state index is -0.557. The molecule has 2 rings (SSSR count). The van der Waals surface area contributed by atoms with Crippen molar-refractivity contribution in [2.45, 2.75) is 33.3 Å². The summed E-state index contributed by atoms with van der Waals surface area (Å²) in [6.45, 7) is 7.76. The Balaban J connectivity index is 2.31. The first-order chi connectivity index (χ1) is 9.31. The zero-order chi connectivity index (χ0) is 14.9. The van der Waals surface area contributed by atoms with Crippen LogP contribution in [0.3, 0.4) is 0 Å². The van der Waals surface area contributed by atoms with Crippen molar-refractivity contribution in [1.82, 2.24) is 9.61 Å². The minimum Gasteiger partial charge on any atom is -0.475 e. The molecule has 0 aliphatic carbocycles. The third kappa shape index (κ3) is 3.24. The van der Waals surface area contributed by atoms with Crippen LogP contribution in [-0.4, -0.2) is 27.9 Å². The average Bonchev–Trinajstić information content (AvgIpc) is 2.80. The number of carbonyl (C=O) groups is 1. The topological polar surface area (TPSA) is 64.9 Å². The Morgan fingerprint density at radius 1 is 1.55 bits per heavy atom. The number of rotatable bonds is 3. The van der Waals surface area contributed by atoms with Gasteiger partial charge in [0.15, 0.2) is 0 Å². The van der Waals surface area contributed by atoms with Gasteiger partial charge in [-0.05, 0) is 43.6 Å². The van der Waals surface area contributed by atoms with E-state index in [-0.39, 0.29) is 0 Å². The van der Waals surface area contributed by atoms with Crippen LogP contribution in [0.1, 0.15) is 27.7 Å². The van der Waals surface area contributed by atoms with E-state index in [2.05, 4.69) is 26.3 Å². The number of aromatic nitrogens is 2. The molecule has 0 unspecified atom stereocenters. The smallest absolute Gasteiger partial charge is 0.412 e. The van der Waals surface area contributed by atoms with Gasteiger partial charge in [0.25, 0.3) is 5.88 Å². The molecule has 0 spiro atoms. The molecule has 2 aromatic rings. The van der Waals surface area contributed by atoms with E-state index in [1.165, 1.54) is 11.3 Å². The molecule has 0 saturated carbocycles. The Bertz CT molecular complexity index is 630. The summed E-state index contributed by atoms with van der Waals surface area (Å²) < 4.78 is 13.2. The molecule has 0 atom stereocenters. The first-order valence-electron chi connectivity index (χ1n) is 6.10. The van der Waals surface area contributed by atoms with E-state index >= 15 is 0 Å². The monoisotopic (exact) mass is 361 g/mol. The standard InChI is InChI=1S/C12H16BrN3O3S/c1-5-18-9-8(14-11(17)19-12(2,3)4)10-16(15-9)7(13)6-20-10/h6H,5H2,1-4H3,(H,14,17). The van der Waals surface area contributed by atoms with Crippen molar-refractivity contribution >= 4 is 43.9 Å². The molecule has 0 aliphatic rings. The van der Waals surface area contributed by atoms with Crippen LogP contribution in [0, 0.1) is 0 Å². The van der Waals surface area contributed by atoms with Crippen molar-refractivity contribution in [3.63, 3.8) is 0 Å². The minimum absolute atomic E-state index is 0.380. The number of anilines is 1. The molecule has 1 amide bonds. The van der Waals surface area contributed by atoms with Gasteiger partial charge in [0, 0.05) is 5.38 Å². The lowest BCUT2D eigenvalue weighted by Gasteiger charge is -2.19. The van der Waals surface area contributed by atoms with Crippen LogP contribution in [0.2, 0.25) is 0 Å². The van der Waals surface area contributed by atoms with E-state index in [1.54, 1.807) is 4.52 Å². The maximum absolute atomic E-state index is 11.9. The number of fused-ring (bicyclic) bond motifs is 1. The third-order valence-electron chi connectivity index (χ3n) is 2.19. The first-order valence-corrected chi connectivity index (χ1v) is 7.77. The van der Waals surface area contributed by atoms with Crippen LogP contribution in [0.25, 0.3) is 4.83 Å². The fraction of sp³-hybridized carbons (Fsp3) is 0.500. The fourth-order valence-corrected chi connectivity index (χ4v) is 3.00. The van der Waals surface area contributed by atoms with Crippen LogP contribution in [0.15, 0.2) is 9.98 Å². The Kier molecular flexibility index (Phi) is 4.24. The van der Waals surface area contributed by atoms with E-state index in [0.717, 1.165) is 9.43 Å². The van der Waals surface area contributed by atoms with Gasteiger partial charge in [-0.2, -0.15) is 0 Å². The predicted molar refractivity (Wildman–Crippen MR) is 81.8 cm³/mol. The number of hydrogen-bond donors (Lipinski definition) is 1. The lowest BCUT2D eigenvalue weighted by Crippen LogP contribution is -2.27. The summed E-state index contributed by atoms with van der Waals surface area (Å²) in [5.74, 6) is 0.380. The predicted octanol–water partition coefficient (Wildman–Crippen LogP) is 3.90. The Hall–Kier alpha value is -1.28. The van der Waals surface area contributed by atoms with Gasteiger partial charge < -0.3 is 9.47 Å². The van der Waals surface area contributed by atoms with Crippen LogP contribution in [-0.2, 0) is 4.74 Å². The number of amides is 1. The first kappa shape index (κ1) is 15.1. The molecule has 8 heteroatoms. The van der Waals surface area contributed by atoms with E-state index in [1.807, 2.05) is 33.1 Å². The Labute approximate surface area is 129 Å². The summed E-state index contributed by atoms with van der Waals surface area (Å²) in [6.07, 6.45) is -0.530. The molecule has 0 aromatic carbocycles. The molecular formula is C12H16BrN3O3S. The van der Waals surface area contributed by atoms with E-state index in [0.29, 0.717) is 18.2 Å². The van der Waals surface area contributed by atoms with Gasteiger partial charge >= 0.3 is 6.09 Å². The molecule has 110 valence electrons. The maximum Gasteiger partial charge on any atom is 0.412 e. The van der Waals surface area contributed by atoms with E-state index < -0.39 is 11.7 Å². The molecule has 2 heterocycles. The van der Waals surface area contributed by atoms with Gasteiger partial charge in [-0.3, -0.25) is 5.32 Å². The summed E-state index contributed by atoms with van der Waals surface area (Å²) in [7, 11) is 0. The molecule has 0 fully saturated rings. The van der Waals surface area contributed by atoms with Gasteiger partial charge in [-0.1, -0.05) is 0 Å². The van der Waals surface area contributed by atoms with Crippen molar-refractivity contribution in [2.75, 3.05) is 11.9 Å².